The van der Waals surface area contributed by atoms with E-state index < -0.39 is 5.60 Å². The lowest BCUT2D eigenvalue weighted by Gasteiger charge is -2.17. The topological polar surface area (TPSA) is 60.2 Å². The van der Waals surface area contributed by atoms with E-state index in [0.717, 1.165) is 13.0 Å². The van der Waals surface area contributed by atoms with Crippen LogP contribution in [0.5, 0.6) is 0 Å². The zero-order valence-corrected chi connectivity index (χ0v) is 10.1. The molecule has 0 amide bonds. The minimum Gasteiger partial charge on any atom is -0.371 e. The molecule has 1 aliphatic rings. The molecule has 1 aliphatic heterocycles. The number of ether oxygens (including phenoxy) is 1. The fourth-order valence-electron chi connectivity index (χ4n) is 1.82. The Balaban J connectivity index is 2.01. The van der Waals surface area contributed by atoms with Gasteiger partial charge in [0.25, 0.3) is 0 Å². The minimum absolute atomic E-state index is 0.481. The van der Waals surface area contributed by atoms with Crippen LogP contribution < -0.4 is 5.32 Å². The van der Waals surface area contributed by atoms with Crippen molar-refractivity contribution in [2.45, 2.75) is 44.8 Å². The molecular formula is C11H19N3O2. The second-order valence-electron chi connectivity index (χ2n) is 4.72. The summed E-state index contributed by atoms with van der Waals surface area (Å²) in [7, 11) is 1.65. The Hall–Kier alpha value is -0.940. The van der Waals surface area contributed by atoms with Crippen molar-refractivity contribution in [1.82, 2.24) is 15.5 Å². The molecule has 2 heterocycles. The molecule has 1 fully saturated rings. The molecule has 1 unspecified atom stereocenters. The predicted octanol–water partition coefficient (Wildman–Crippen LogP) is 1.25. The maximum Gasteiger partial charge on any atom is 0.228 e. The molecule has 1 aromatic heterocycles. The smallest absolute Gasteiger partial charge is 0.228 e. The summed E-state index contributed by atoms with van der Waals surface area (Å²) in [6.45, 7) is 4.94. The molecule has 1 aromatic rings. The van der Waals surface area contributed by atoms with Crippen LogP contribution in [-0.4, -0.2) is 29.8 Å². The van der Waals surface area contributed by atoms with Crippen LogP contribution in [0.15, 0.2) is 4.52 Å². The lowest BCUT2D eigenvalue weighted by atomic mass is 10.1. The van der Waals surface area contributed by atoms with Crippen molar-refractivity contribution in [1.29, 1.82) is 0 Å². The molecule has 5 heteroatoms. The molecule has 0 aromatic carbocycles. The van der Waals surface area contributed by atoms with Gasteiger partial charge in [-0.25, -0.2) is 0 Å². The van der Waals surface area contributed by atoms with Gasteiger partial charge >= 0.3 is 0 Å². The van der Waals surface area contributed by atoms with Crippen LogP contribution >= 0.6 is 0 Å². The van der Waals surface area contributed by atoms with Gasteiger partial charge in [-0.05, 0) is 33.2 Å². The van der Waals surface area contributed by atoms with Crippen molar-refractivity contribution in [2.24, 2.45) is 0 Å². The second-order valence-corrected chi connectivity index (χ2v) is 4.72. The maximum absolute atomic E-state index is 5.31. The SMILES string of the molecule is COC(C)(C)c1noc(CC2CCCN2)n1. The van der Waals surface area contributed by atoms with E-state index in [1.54, 1.807) is 7.11 Å². The van der Waals surface area contributed by atoms with Gasteiger partial charge in [0, 0.05) is 19.6 Å². The van der Waals surface area contributed by atoms with E-state index in [1.165, 1.54) is 12.8 Å². The number of aromatic nitrogens is 2. The van der Waals surface area contributed by atoms with Crippen molar-refractivity contribution >= 4 is 0 Å². The first kappa shape index (κ1) is 11.5. The van der Waals surface area contributed by atoms with Gasteiger partial charge in [0.2, 0.25) is 11.7 Å². The van der Waals surface area contributed by atoms with Crippen LogP contribution in [-0.2, 0) is 16.8 Å². The fraction of sp³-hybridized carbons (Fsp3) is 0.818. The van der Waals surface area contributed by atoms with Crippen LogP contribution in [0.2, 0.25) is 0 Å². The van der Waals surface area contributed by atoms with Gasteiger partial charge in [-0.1, -0.05) is 5.16 Å². The van der Waals surface area contributed by atoms with Gasteiger partial charge in [0.1, 0.15) is 5.60 Å². The highest BCUT2D eigenvalue weighted by Gasteiger charge is 2.27. The summed E-state index contributed by atoms with van der Waals surface area (Å²) in [5.74, 6) is 1.31. The van der Waals surface area contributed by atoms with E-state index >= 15 is 0 Å². The largest absolute Gasteiger partial charge is 0.371 e. The van der Waals surface area contributed by atoms with Crippen LogP contribution in [0.4, 0.5) is 0 Å². The summed E-state index contributed by atoms with van der Waals surface area (Å²) >= 11 is 0. The van der Waals surface area contributed by atoms with Crippen LogP contribution in [0.25, 0.3) is 0 Å². The summed E-state index contributed by atoms with van der Waals surface area (Å²) in [6.07, 6.45) is 3.23. The molecular weight excluding hydrogens is 206 g/mol. The Morgan fingerprint density at radius 3 is 3.00 bits per heavy atom. The first-order valence-corrected chi connectivity index (χ1v) is 5.73. The molecule has 0 aliphatic carbocycles. The molecule has 2 rings (SSSR count). The van der Waals surface area contributed by atoms with Crippen molar-refractivity contribution < 1.29 is 9.26 Å². The highest BCUT2D eigenvalue weighted by Crippen LogP contribution is 2.21. The van der Waals surface area contributed by atoms with E-state index in [1.807, 2.05) is 13.8 Å². The molecule has 16 heavy (non-hydrogen) atoms. The monoisotopic (exact) mass is 225 g/mol. The van der Waals surface area contributed by atoms with Gasteiger partial charge in [-0.15, -0.1) is 0 Å². The standard InChI is InChI=1S/C11H19N3O2/c1-11(2,15-3)10-13-9(16-14-10)7-8-5-4-6-12-8/h8,12H,4-7H2,1-3H3. The van der Waals surface area contributed by atoms with Gasteiger partial charge in [0.15, 0.2) is 0 Å². The third-order valence-corrected chi connectivity index (χ3v) is 3.10. The van der Waals surface area contributed by atoms with Gasteiger partial charge in [-0.2, -0.15) is 4.98 Å². The van der Waals surface area contributed by atoms with Crippen molar-refractivity contribution in [3.05, 3.63) is 11.7 Å². The fourth-order valence-corrected chi connectivity index (χ4v) is 1.82. The predicted molar refractivity (Wildman–Crippen MR) is 59.1 cm³/mol. The summed E-state index contributed by atoms with van der Waals surface area (Å²) in [5.41, 5.74) is -0.481. The van der Waals surface area contributed by atoms with E-state index in [-0.39, 0.29) is 0 Å². The molecule has 1 atom stereocenters. The number of nitrogens with one attached hydrogen (secondary N) is 1. The van der Waals surface area contributed by atoms with Gasteiger partial charge in [0.05, 0.1) is 0 Å². The summed E-state index contributed by atoms with van der Waals surface area (Å²) in [6, 6.07) is 0.485. The van der Waals surface area contributed by atoms with E-state index in [9.17, 15) is 0 Å². The molecule has 5 nitrogen and oxygen atoms in total. The first-order valence-electron chi connectivity index (χ1n) is 5.73. The quantitative estimate of drug-likeness (QED) is 0.835. The number of hydrogen-bond acceptors (Lipinski definition) is 5. The van der Waals surface area contributed by atoms with Crippen molar-refractivity contribution in [3.63, 3.8) is 0 Å². The summed E-state index contributed by atoms with van der Waals surface area (Å²) in [4.78, 5) is 4.37. The van der Waals surface area contributed by atoms with Crippen molar-refractivity contribution in [3.8, 4) is 0 Å². The molecule has 1 saturated heterocycles. The van der Waals surface area contributed by atoms with Crippen LogP contribution in [0.1, 0.15) is 38.4 Å². The first-order chi connectivity index (χ1) is 7.62. The molecule has 0 saturated carbocycles. The Kier molecular flexibility index (Phi) is 3.25. The molecule has 0 spiro atoms. The van der Waals surface area contributed by atoms with E-state index in [0.29, 0.717) is 17.8 Å². The highest BCUT2D eigenvalue weighted by molar-refractivity contribution is 4.98. The zero-order chi connectivity index (χ0) is 11.6. The Bertz CT molecular complexity index is 343. The number of nitrogens with zero attached hydrogens (tertiary/aromatic N) is 2. The van der Waals surface area contributed by atoms with Crippen LogP contribution in [0.3, 0.4) is 0 Å². The highest BCUT2D eigenvalue weighted by atomic mass is 16.5. The average Bonchev–Trinajstić information content (AvgIpc) is 2.89. The Labute approximate surface area is 95.6 Å². The van der Waals surface area contributed by atoms with Crippen molar-refractivity contribution in [2.75, 3.05) is 13.7 Å². The Morgan fingerprint density at radius 1 is 1.56 bits per heavy atom. The third kappa shape index (κ3) is 2.41. The molecule has 90 valence electrons. The lowest BCUT2D eigenvalue weighted by Crippen LogP contribution is -2.24. The number of rotatable bonds is 4. The van der Waals surface area contributed by atoms with E-state index in [2.05, 4.69) is 15.5 Å². The molecule has 1 N–H and O–H groups in total. The van der Waals surface area contributed by atoms with Crippen LogP contribution in [0, 0.1) is 0 Å². The lowest BCUT2D eigenvalue weighted by molar-refractivity contribution is 0.00973. The Morgan fingerprint density at radius 2 is 2.38 bits per heavy atom. The average molecular weight is 225 g/mol. The van der Waals surface area contributed by atoms with Gasteiger partial charge in [-0.3, -0.25) is 0 Å². The third-order valence-electron chi connectivity index (χ3n) is 3.10. The number of methoxy groups -OCH3 is 1. The summed E-state index contributed by atoms with van der Waals surface area (Å²) in [5, 5.41) is 7.37. The molecule has 0 bridgehead atoms. The zero-order valence-electron chi connectivity index (χ0n) is 10.1. The summed E-state index contributed by atoms with van der Waals surface area (Å²) < 4.78 is 10.5. The molecule has 0 radical (unpaired) electrons. The van der Waals surface area contributed by atoms with Gasteiger partial charge < -0.3 is 14.6 Å². The maximum atomic E-state index is 5.31. The minimum atomic E-state index is -0.481. The normalized spacial score (nSPS) is 21.6. The van der Waals surface area contributed by atoms with E-state index in [4.69, 9.17) is 9.26 Å². The number of hydrogen-bond donors (Lipinski definition) is 1. The second kappa shape index (κ2) is 4.51.